The standard InChI is InChI=1S/C15H17N3O2/c1-10-6-14(19)13(9-17-10)15(20)18(2)12-5-3-4-11(7-12)8-16/h3-7,9H,8,16H2,1-2H3,(H,17,19). The minimum Gasteiger partial charge on any atom is -0.364 e. The summed E-state index contributed by atoms with van der Waals surface area (Å²) >= 11 is 0. The molecule has 1 aromatic carbocycles. The van der Waals surface area contributed by atoms with Crippen molar-refractivity contribution in [2.75, 3.05) is 11.9 Å². The second kappa shape index (κ2) is 5.71. The van der Waals surface area contributed by atoms with Crippen LogP contribution in [0.25, 0.3) is 0 Å². The lowest BCUT2D eigenvalue weighted by Gasteiger charge is -2.17. The van der Waals surface area contributed by atoms with E-state index in [2.05, 4.69) is 4.98 Å². The summed E-state index contributed by atoms with van der Waals surface area (Å²) in [4.78, 5) is 28.5. The highest BCUT2D eigenvalue weighted by atomic mass is 16.2. The second-order valence-corrected chi connectivity index (χ2v) is 4.63. The number of H-pyrrole nitrogens is 1. The quantitative estimate of drug-likeness (QED) is 0.886. The van der Waals surface area contributed by atoms with E-state index in [1.54, 1.807) is 20.0 Å². The van der Waals surface area contributed by atoms with Crippen LogP contribution in [0.15, 0.2) is 41.3 Å². The van der Waals surface area contributed by atoms with Gasteiger partial charge in [-0.3, -0.25) is 9.59 Å². The van der Waals surface area contributed by atoms with Gasteiger partial charge >= 0.3 is 0 Å². The number of pyridine rings is 1. The van der Waals surface area contributed by atoms with Crippen molar-refractivity contribution < 1.29 is 4.79 Å². The topological polar surface area (TPSA) is 79.2 Å². The molecule has 2 rings (SSSR count). The number of anilines is 1. The van der Waals surface area contributed by atoms with Crippen LogP contribution in [0.2, 0.25) is 0 Å². The Balaban J connectivity index is 2.34. The SMILES string of the molecule is Cc1cc(=O)c(C(=O)N(C)c2cccc(CN)c2)c[nH]1. The van der Waals surface area contributed by atoms with E-state index >= 15 is 0 Å². The minimum absolute atomic E-state index is 0.122. The maximum atomic E-state index is 12.4. The highest BCUT2D eigenvalue weighted by Gasteiger charge is 2.16. The van der Waals surface area contributed by atoms with Gasteiger partial charge in [0.2, 0.25) is 0 Å². The molecule has 0 fully saturated rings. The number of carbonyl (C=O) groups is 1. The van der Waals surface area contributed by atoms with Gasteiger partial charge in [0.1, 0.15) is 5.56 Å². The van der Waals surface area contributed by atoms with E-state index in [9.17, 15) is 9.59 Å². The monoisotopic (exact) mass is 271 g/mol. The molecule has 2 aromatic rings. The van der Waals surface area contributed by atoms with Gasteiger partial charge in [0.05, 0.1) is 0 Å². The molecule has 0 aliphatic rings. The molecule has 1 heterocycles. The molecule has 1 amide bonds. The Morgan fingerprint density at radius 3 is 2.75 bits per heavy atom. The number of nitrogens with one attached hydrogen (secondary N) is 1. The average molecular weight is 271 g/mol. The summed E-state index contributed by atoms with van der Waals surface area (Å²) in [6.07, 6.45) is 1.45. The molecule has 0 radical (unpaired) electrons. The molecule has 0 saturated heterocycles. The Hall–Kier alpha value is -2.40. The number of hydrogen-bond donors (Lipinski definition) is 2. The lowest BCUT2D eigenvalue weighted by Crippen LogP contribution is -2.31. The first-order chi connectivity index (χ1) is 9.52. The van der Waals surface area contributed by atoms with E-state index in [1.807, 2.05) is 18.2 Å². The number of benzene rings is 1. The average Bonchev–Trinajstić information content (AvgIpc) is 2.46. The van der Waals surface area contributed by atoms with Crippen LogP contribution in [0.3, 0.4) is 0 Å². The first kappa shape index (κ1) is 14.0. The lowest BCUT2D eigenvalue weighted by molar-refractivity contribution is 0.0991. The molecular formula is C15H17N3O2. The first-order valence-corrected chi connectivity index (χ1v) is 6.29. The summed E-state index contributed by atoms with van der Waals surface area (Å²) in [6, 6.07) is 8.78. The smallest absolute Gasteiger partial charge is 0.263 e. The van der Waals surface area contributed by atoms with Crippen molar-refractivity contribution in [3.63, 3.8) is 0 Å². The van der Waals surface area contributed by atoms with E-state index in [1.165, 1.54) is 17.2 Å². The van der Waals surface area contributed by atoms with Crippen LogP contribution in [-0.4, -0.2) is 17.9 Å². The van der Waals surface area contributed by atoms with Crippen LogP contribution in [0.1, 0.15) is 21.6 Å². The third kappa shape index (κ3) is 2.78. The maximum absolute atomic E-state index is 12.4. The molecule has 0 bridgehead atoms. The molecule has 0 atom stereocenters. The highest BCUT2D eigenvalue weighted by molar-refractivity contribution is 6.05. The van der Waals surface area contributed by atoms with Gasteiger partial charge < -0.3 is 15.6 Å². The largest absolute Gasteiger partial charge is 0.364 e. The summed E-state index contributed by atoms with van der Waals surface area (Å²) in [5, 5.41) is 0. The number of aromatic amines is 1. The van der Waals surface area contributed by atoms with Crippen LogP contribution in [0, 0.1) is 6.92 Å². The van der Waals surface area contributed by atoms with Crippen LogP contribution in [0.4, 0.5) is 5.69 Å². The number of nitrogens with zero attached hydrogens (tertiary/aromatic N) is 1. The zero-order valence-electron chi connectivity index (χ0n) is 11.5. The molecule has 3 N–H and O–H groups in total. The normalized spacial score (nSPS) is 10.3. The molecule has 0 spiro atoms. The third-order valence-corrected chi connectivity index (χ3v) is 3.13. The van der Waals surface area contributed by atoms with Crippen LogP contribution >= 0.6 is 0 Å². The fourth-order valence-corrected chi connectivity index (χ4v) is 1.93. The van der Waals surface area contributed by atoms with Gasteiger partial charge in [-0.15, -0.1) is 0 Å². The van der Waals surface area contributed by atoms with Crippen molar-refractivity contribution >= 4 is 11.6 Å². The predicted molar refractivity (Wildman–Crippen MR) is 78.9 cm³/mol. The summed E-state index contributed by atoms with van der Waals surface area (Å²) in [6.45, 7) is 2.17. The lowest BCUT2D eigenvalue weighted by atomic mass is 10.1. The first-order valence-electron chi connectivity index (χ1n) is 6.29. The number of hydrogen-bond acceptors (Lipinski definition) is 3. The minimum atomic E-state index is -0.347. The number of amides is 1. The predicted octanol–water partition coefficient (Wildman–Crippen LogP) is 1.42. The van der Waals surface area contributed by atoms with E-state index in [0.29, 0.717) is 12.2 Å². The molecular weight excluding hydrogens is 254 g/mol. The molecule has 1 aromatic heterocycles. The molecule has 20 heavy (non-hydrogen) atoms. The number of aryl methyl sites for hydroxylation is 1. The van der Waals surface area contributed by atoms with Gasteiger partial charge in [0, 0.05) is 37.2 Å². The molecule has 104 valence electrons. The van der Waals surface area contributed by atoms with Gasteiger partial charge in [0.15, 0.2) is 5.43 Å². The molecule has 0 aliphatic heterocycles. The molecule has 0 unspecified atom stereocenters. The van der Waals surface area contributed by atoms with E-state index in [-0.39, 0.29) is 16.9 Å². The van der Waals surface area contributed by atoms with Crippen molar-refractivity contribution in [2.24, 2.45) is 5.73 Å². The van der Waals surface area contributed by atoms with Crippen molar-refractivity contribution in [2.45, 2.75) is 13.5 Å². The van der Waals surface area contributed by atoms with E-state index in [0.717, 1.165) is 11.3 Å². The summed E-state index contributed by atoms with van der Waals surface area (Å²) in [5.41, 5.74) is 7.78. The Bertz CT molecular complexity index is 692. The number of nitrogens with two attached hydrogens (primary N) is 1. The molecule has 0 aliphatic carbocycles. The number of aromatic nitrogens is 1. The number of carbonyl (C=O) groups excluding carboxylic acids is 1. The molecule has 0 saturated carbocycles. The van der Waals surface area contributed by atoms with Crippen molar-refractivity contribution in [3.05, 3.63) is 63.6 Å². The van der Waals surface area contributed by atoms with Gasteiger partial charge in [-0.05, 0) is 24.6 Å². The van der Waals surface area contributed by atoms with Gasteiger partial charge in [-0.2, -0.15) is 0 Å². The fourth-order valence-electron chi connectivity index (χ4n) is 1.93. The fraction of sp³-hybridized carbons (Fsp3) is 0.200. The molecule has 5 nitrogen and oxygen atoms in total. The van der Waals surface area contributed by atoms with Crippen molar-refractivity contribution in [1.82, 2.24) is 4.98 Å². The van der Waals surface area contributed by atoms with E-state index < -0.39 is 0 Å². The highest BCUT2D eigenvalue weighted by Crippen LogP contribution is 2.16. The zero-order chi connectivity index (χ0) is 14.7. The second-order valence-electron chi connectivity index (χ2n) is 4.63. The van der Waals surface area contributed by atoms with Crippen molar-refractivity contribution in [3.8, 4) is 0 Å². The van der Waals surface area contributed by atoms with E-state index in [4.69, 9.17) is 5.73 Å². The maximum Gasteiger partial charge on any atom is 0.263 e. The van der Waals surface area contributed by atoms with Gasteiger partial charge in [0.25, 0.3) is 5.91 Å². The Kier molecular flexibility index (Phi) is 4.00. The Morgan fingerprint density at radius 2 is 2.10 bits per heavy atom. The van der Waals surface area contributed by atoms with Crippen LogP contribution < -0.4 is 16.1 Å². The van der Waals surface area contributed by atoms with Crippen molar-refractivity contribution in [1.29, 1.82) is 0 Å². The van der Waals surface area contributed by atoms with Gasteiger partial charge in [-0.1, -0.05) is 12.1 Å². The van der Waals surface area contributed by atoms with Gasteiger partial charge in [-0.25, -0.2) is 0 Å². The summed E-state index contributed by atoms with van der Waals surface area (Å²) in [5.74, 6) is -0.347. The summed E-state index contributed by atoms with van der Waals surface area (Å²) < 4.78 is 0. The van der Waals surface area contributed by atoms with Crippen LogP contribution in [0.5, 0.6) is 0 Å². The van der Waals surface area contributed by atoms with Crippen LogP contribution in [-0.2, 0) is 6.54 Å². The Labute approximate surface area is 117 Å². The third-order valence-electron chi connectivity index (χ3n) is 3.13. The Morgan fingerprint density at radius 1 is 1.35 bits per heavy atom. The summed E-state index contributed by atoms with van der Waals surface area (Å²) in [7, 11) is 1.64. The zero-order valence-corrected chi connectivity index (χ0v) is 11.5. The molecule has 5 heteroatoms. The number of rotatable bonds is 3.